The molecule has 5 rings (SSSR count). The van der Waals surface area contributed by atoms with Gasteiger partial charge in [0.25, 0.3) is 5.91 Å². The van der Waals surface area contributed by atoms with Gasteiger partial charge in [-0.15, -0.1) is 0 Å². The zero-order chi connectivity index (χ0) is 17.0. The van der Waals surface area contributed by atoms with E-state index in [2.05, 4.69) is 46.2 Å². The Bertz CT molecular complexity index is 810. The Balaban J connectivity index is 1.41. The van der Waals surface area contributed by atoms with Crippen LogP contribution in [0.15, 0.2) is 24.4 Å². The Morgan fingerprint density at radius 3 is 2.76 bits per heavy atom. The Kier molecular flexibility index (Phi) is 3.63. The zero-order valence-corrected chi connectivity index (χ0v) is 15.0. The van der Waals surface area contributed by atoms with Crippen LogP contribution in [0.4, 0.5) is 0 Å². The summed E-state index contributed by atoms with van der Waals surface area (Å²) < 4.78 is 2.28. The number of carbonyl (C=O) groups excluding carboxylic acids is 1. The molecule has 0 radical (unpaired) electrons. The molecule has 0 saturated carbocycles. The number of aryl methyl sites for hydroxylation is 2. The van der Waals surface area contributed by atoms with Crippen LogP contribution in [0.25, 0.3) is 10.9 Å². The highest BCUT2D eigenvalue weighted by Crippen LogP contribution is 2.33. The average molecular weight is 337 g/mol. The van der Waals surface area contributed by atoms with E-state index in [1.807, 2.05) is 0 Å². The summed E-state index contributed by atoms with van der Waals surface area (Å²) in [6.07, 6.45) is 10.5. The van der Waals surface area contributed by atoms with E-state index in [1.54, 1.807) is 0 Å². The second kappa shape index (κ2) is 5.87. The van der Waals surface area contributed by atoms with Gasteiger partial charge < -0.3 is 14.8 Å². The van der Waals surface area contributed by atoms with Gasteiger partial charge in [0.15, 0.2) is 0 Å². The molecule has 1 aromatic heterocycles. The van der Waals surface area contributed by atoms with E-state index < -0.39 is 0 Å². The summed E-state index contributed by atoms with van der Waals surface area (Å²) in [6, 6.07) is 8.03. The van der Waals surface area contributed by atoms with E-state index in [4.69, 9.17) is 0 Å². The molecule has 2 unspecified atom stereocenters. The molecule has 2 bridgehead atoms. The normalized spacial score (nSPS) is 28.9. The van der Waals surface area contributed by atoms with Gasteiger partial charge in [0.05, 0.1) is 11.1 Å². The lowest BCUT2D eigenvalue weighted by molar-refractivity contribution is 0.0463. The van der Waals surface area contributed by atoms with Gasteiger partial charge in [-0.1, -0.05) is 24.6 Å². The molecule has 1 amide bonds. The zero-order valence-electron chi connectivity index (χ0n) is 15.0. The van der Waals surface area contributed by atoms with Crippen molar-refractivity contribution in [1.29, 1.82) is 0 Å². The maximum Gasteiger partial charge on any atom is 0.253 e. The standard InChI is InChI=1S/C21H27N3O/c1-23-16-7-3-8-17(23)12-15(11-16)22-21(25)19-13-24-10-4-6-14-5-2-9-18(19)20(14)24/h2,5,9,13,15-17H,3-4,6-8,10-12H2,1H3,(H,22,25). The Hall–Kier alpha value is -1.81. The van der Waals surface area contributed by atoms with Gasteiger partial charge in [-0.2, -0.15) is 0 Å². The van der Waals surface area contributed by atoms with Crippen LogP contribution in [0.3, 0.4) is 0 Å². The topological polar surface area (TPSA) is 37.3 Å². The molecule has 2 fully saturated rings. The summed E-state index contributed by atoms with van der Waals surface area (Å²) in [4.78, 5) is 15.6. The minimum absolute atomic E-state index is 0.121. The first kappa shape index (κ1) is 15.4. The molecule has 2 saturated heterocycles. The van der Waals surface area contributed by atoms with Crippen LogP contribution in [0, 0.1) is 0 Å². The van der Waals surface area contributed by atoms with Crippen LogP contribution < -0.4 is 5.32 Å². The van der Waals surface area contributed by atoms with Crippen molar-refractivity contribution in [2.45, 2.75) is 69.6 Å². The summed E-state index contributed by atoms with van der Waals surface area (Å²) in [6.45, 7) is 1.03. The predicted molar refractivity (Wildman–Crippen MR) is 99.9 cm³/mol. The fourth-order valence-electron chi connectivity index (χ4n) is 5.43. The van der Waals surface area contributed by atoms with Crippen molar-refractivity contribution in [3.63, 3.8) is 0 Å². The van der Waals surface area contributed by atoms with Crippen LogP contribution in [0.2, 0.25) is 0 Å². The third kappa shape index (κ3) is 2.50. The molecule has 0 aliphatic carbocycles. The Morgan fingerprint density at radius 1 is 1.16 bits per heavy atom. The number of hydrogen-bond acceptors (Lipinski definition) is 2. The third-order valence-electron chi connectivity index (χ3n) is 6.75. The number of hydrogen-bond donors (Lipinski definition) is 1. The SMILES string of the molecule is CN1C2CCCC1CC(NC(=O)c1cn3c4c(cccc14)CCC3)C2. The largest absolute Gasteiger partial charge is 0.349 e. The third-order valence-corrected chi connectivity index (χ3v) is 6.75. The maximum atomic E-state index is 13.1. The second-order valence-corrected chi connectivity index (χ2v) is 8.20. The molecule has 0 spiro atoms. The number of nitrogens with one attached hydrogen (secondary N) is 1. The first-order valence-corrected chi connectivity index (χ1v) is 9.84. The first-order valence-electron chi connectivity index (χ1n) is 9.84. The van der Waals surface area contributed by atoms with Crippen molar-refractivity contribution in [2.24, 2.45) is 0 Å². The molecule has 2 aromatic rings. The van der Waals surface area contributed by atoms with E-state index in [9.17, 15) is 4.79 Å². The van der Waals surface area contributed by atoms with Gasteiger partial charge in [0.1, 0.15) is 0 Å². The van der Waals surface area contributed by atoms with Crippen molar-refractivity contribution in [3.8, 4) is 0 Å². The molecule has 1 aromatic carbocycles. The summed E-state index contributed by atoms with van der Waals surface area (Å²) in [5.74, 6) is 0.121. The molecule has 132 valence electrons. The van der Waals surface area contributed by atoms with Gasteiger partial charge in [-0.05, 0) is 51.1 Å². The Labute approximate surface area is 149 Å². The number of benzene rings is 1. The van der Waals surface area contributed by atoms with E-state index in [0.717, 1.165) is 36.8 Å². The van der Waals surface area contributed by atoms with Gasteiger partial charge in [-0.3, -0.25) is 4.79 Å². The lowest BCUT2D eigenvalue weighted by atomic mass is 9.82. The number of carbonyl (C=O) groups is 1. The number of fused-ring (bicyclic) bond motifs is 2. The highest BCUT2D eigenvalue weighted by atomic mass is 16.1. The number of aromatic nitrogens is 1. The lowest BCUT2D eigenvalue weighted by Crippen LogP contribution is -2.55. The number of nitrogens with zero attached hydrogens (tertiary/aromatic N) is 2. The lowest BCUT2D eigenvalue weighted by Gasteiger charge is -2.47. The fourth-order valence-corrected chi connectivity index (χ4v) is 5.43. The molecule has 4 nitrogen and oxygen atoms in total. The minimum atomic E-state index is 0.121. The molecule has 1 N–H and O–H groups in total. The highest BCUT2D eigenvalue weighted by Gasteiger charge is 2.36. The predicted octanol–water partition coefficient (Wildman–Crippen LogP) is 3.33. The van der Waals surface area contributed by atoms with Crippen molar-refractivity contribution in [2.75, 3.05) is 7.05 Å². The van der Waals surface area contributed by atoms with Gasteiger partial charge in [0, 0.05) is 36.3 Å². The van der Waals surface area contributed by atoms with Crippen LogP contribution >= 0.6 is 0 Å². The van der Waals surface area contributed by atoms with Gasteiger partial charge in [0.2, 0.25) is 0 Å². The fraction of sp³-hybridized carbons (Fsp3) is 0.571. The number of amides is 1. The molecule has 3 aliphatic rings. The van der Waals surface area contributed by atoms with Crippen LogP contribution in [-0.2, 0) is 13.0 Å². The molecular weight excluding hydrogens is 310 g/mol. The Morgan fingerprint density at radius 2 is 1.96 bits per heavy atom. The van der Waals surface area contributed by atoms with Crippen molar-refractivity contribution < 1.29 is 4.79 Å². The molecular formula is C21H27N3O. The monoisotopic (exact) mass is 337 g/mol. The average Bonchev–Trinajstić information content (AvgIpc) is 2.97. The summed E-state index contributed by atoms with van der Waals surface area (Å²) >= 11 is 0. The second-order valence-electron chi connectivity index (χ2n) is 8.20. The van der Waals surface area contributed by atoms with E-state index in [0.29, 0.717) is 18.1 Å². The number of piperidine rings is 2. The number of para-hydroxylation sites is 1. The van der Waals surface area contributed by atoms with Crippen LogP contribution in [-0.4, -0.2) is 40.5 Å². The highest BCUT2D eigenvalue weighted by molar-refractivity contribution is 6.07. The minimum Gasteiger partial charge on any atom is -0.349 e. The maximum absolute atomic E-state index is 13.1. The molecule has 25 heavy (non-hydrogen) atoms. The van der Waals surface area contributed by atoms with Crippen LogP contribution in [0.1, 0.15) is 54.4 Å². The number of rotatable bonds is 2. The van der Waals surface area contributed by atoms with Crippen LogP contribution in [0.5, 0.6) is 0 Å². The van der Waals surface area contributed by atoms with Crippen molar-refractivity contribution in [3.05, 3.63) is 35.5 Å². The smallest absolute Gasteiger partial charge is 0.253 e. The molecule has 3 aliphatic heterocycles. The summed E-state index contributed by atoms with van der Waals surface area (Å²) in [7, 11) is 2.26. The van der Waals surface area contributed by atoms with Crippen molar-refractivity contribution in [1.82, 2.24) is 14.8 Å². The molecule has 4 heterocycles. The van der Waals surface area contributed by atoms with E-state index in [-0.39, 0.29) is 5.91 Å². The molecule has 4 heteroatoms. The quantitative estimate of drug-likeness (QED) is 0.913. The summed E-state index contributed by atoms with van der Waals surface area (Å²) in [5.41, 5.74) is 3.53. The van der Waals surface area contributed by atoms with E-state index in [1.165, 1.54) is 36.8 Å². The first-order chi connectivity index (χ1) is 12.2. The van der Waals surface area contributed by atoms with E-state index >= 15 is 0 Å². The molecule has 2 atom stereocenters. The van der Waals surface area contributed by atoms with Gasteiger partial charge >= 0.3 is 0 Å². The van der Waals surface area contributed by atoms with Crippen molar-refractivity contribution >= 4 is 16.8 Å². The summed E-state index contributed by atoms with van der Waals surface area (Å²) in [5, 5.41) is 4.50. The van der Waals surface area contributed by atoms with Gasteiger partial charge in [-0.25, -0.2) is 0 Å².